The maximum absolute atomic E-state index is 4.28. The molecule has 6 nitrogen and oxygen atoms in total. The summed E-state index contributed by atoms with van der Waals surface area (Å²) in [6, 6.07) is 11.0. The second kappa shape index (κ2) is 6.22. The number of para-hydroxylation sites is 1. The fraction of sp³-hybridized carbons (Fsp3) is 0.533. The molecule has 0 spiro atoms. The molecule has 21 heavy (non-hydrogen) atoms. The Morgan fingerprint density at radius 3 is 2.71 bits per heavy atom. The predicted molar refractivity (Wildman–Crippen MR) is 82.7 cm³/mol. The number of nitrogens with one attached hydrogen (secondary N) is 1. The van der Waals surface area contributed by atoms with E-state index in [1.807, 2.05) is 35.0 Å². The van der Waals surface area contributed by atoms with Gasteiger partial charge in [0.25, 0.3) is 5.95 Å². The van der Waals surface area contributed by atoms with E-state index >= 15 is 0 Å². The van der Waals surface area contributed by atoms with E-state index in [0.29, 0.717) is 12.1 Å². The number of nitrogens with zero attached hydrogens (tertiary/aromatic N) is 5. The van der Waals surface area contributed by atoms with Gasteiger partial charge in [0.05, 0.1) is 5.69 Å². The molecule has 2 heterocycles. The number of tetrazole rings is 1. The Morgan fingerprint density at radius 1 is 1.19 bits per heavy atom. The van der Waals surface area contributed by atoms with Gasteiger partial charge in [-0.25, -0.2) is 0 Å². The van der Waals surface area contributed by atoms with Gasteiger partial charge in [-0.2, -0.15) is 4.68 Å². The van der Waals surface area contributed by atoms with Crippen LogP contribution in [-0.2, 0) is 0 Å². The normalized spacial score (nSPS) is 22.5. The number of hydrogen-bond donors (Lipinski definition) is 1. The molecule has 0 aliphatic carbocycles. The highest BCUT2D eigenvalue weighted by Crippen LogP contribution is 2.21. The van der Waals surface area contributed by atoms with E-state index in [2.05, 4.69) is 39.6 Å². The summed E-state index contributed by atoms with van der Waals surface area (Å²) < 4.78 is 1.83. The van der Waals surface area contributed by atoms with Crippen molar-refractivity contribution in [2.75, 3.05) is 18.0 Å². The lowest BCUT2D eigenvalue weighted by Crippen LogP contribution is -2.57. The first kappa shape index (κ1) is 14.0. The van der Waals surface area contributed by atoms with Crippen molar-refractivity contribution in [1.82, 2.24) is 25.5 Å². The van der Waals surface area contributed by atoms with Crippen LogP contribution in [0.5, 0.6) is 0 Å². The lowest BCUT2D eigenvalue weighted by molar-refractivity contribution is 0.373. The third-order valence-corrected chi connectivity index (χ3v) is 4.17. The van der Waals surface area contributed by atoms with Crippen LogP contribution in [0.25, 0.3) is 5.69 Å². The summed E-state index contributed by atoms with van der Waals surface area (Å²) in [6.45, 7) is 6.35. The van der Waals surface area contributed by atoms with E-state index in [-0.39, 0.29) is 0 Å². The molecule has 1 aromatic heterocycles. The van der Waals surface area contributed by atoms with Crippen LogP contribution in [0.1, 0.15) is 26.7 Å². The van der Waals surface area contributed by atoms with Gasteiger partial charge < -0.3 is 10.2 Å². The average molecular weight is 286 g/mol. The fourth-order valence-electron chi connectivity index (χ4n) is 2.84. The molecule has 1 aliphatic rings. The van der Waals surface area contributed by atoms with E-state index in [1.165, 1.54) is 0 Å². The van der Waals surface area contributed by atoms with E-state index in [0.717, 1.165) is 37.6 Å². The molecule has 1 N–H and O–H groups in total. The number of piperazine rings is 1. The Balaban J connectivity index is 1.93. The molecule has 0 amide bonds. The van der Waals surface area contributed by atoms with Gasteiger partial charge in [0.15, 0.2) is 0 Å². The third kappa shape index (κ3) is 2.76. The molecule has 2 aromatic rings. The molecule has 6 heteroatoms. The maximum atomic E-state index is 4.28. The molecule has 2 atom stereocenters. The summed E-state index contributed by atoms with van der Waals surface area (Å²) in [4.78, 5) is 2.34. The number of aromatic nitrogens is 4. The third-order valence-electron chi connectivity index (χ3n) is 4.17. The molecule has 1 saturated heterocycles. The van der Waals surface area contributed by atoms with Gasteiger partial charge in [0, 0.05) is 25.2 Å². The Labute approximate surface area is 125 Å². The number of benzene rings is 1. The molecular formula is C15H22N6. The number of hydrogen-bond acceptors (Lipinski definition) is 5. The molecule has 0 bridgehead atoms. The number of rotatable bonds is 4. The van der Waals surface area contributed by atoms with Crippen LogP contribution < -0.4 is 10.2 Å². The summed E-state index contributed by atoms with van der Waals surface area (Å²) in [5, 5.41) is 16.0. The van der Waals surface area contributed by atoms with E-state index in [9.17, 15) is 0 Å². The Bertz CT molecular complexity index is 567. The predicted octanol–water partition coefficient (Wildman–Crippen LogP) is 1.63. The summed E-state index contributed by atoms with van der Waals surface area (Å²) in [6.07, 6.45) is 2.19. The zero-order chi connectivity index (χ0) is 14.7. The quantitative estimate of drug-likeness (QED) is 0.925. The Morgan fingerprint density at radius 2 is 2.00 bits per heavy atom. The van der Waals surface area contributed by atoms with Gasteiger partial charge in [-0.1, -0.05) is 37.1 Å². The second-order valence-electron chi connectivity index (χ2n) is 5.45. The first-order valence-electron chi connectivity index (χ1n) is 7.67. The van der Waals surface area contributed by atoms with Crippen LogP contribution in [0.3, 0.4) is 0 Å². The van der Waals surface area contributed by atoms with Crippen molar-refractivity contribution >= 4 is 5.95 Å². The minimum Gasteiger partial charge on any atom is -0.334 e. The van der Waals surface area contributed by atoms with Crippen molar-refractivity contribution in [2.24, 2.45) is 0 Å². The zero-order valence-electron chi connectivity index (χ0n) is 12.6. The van der Waals surface area contributed by atoms with Crippen molar-refractivity contribution in [3.8, 4) is 5.69 Å². The second-order valence-corrected chi connectivity index (χ2v) is 5.45. The smallest absolute Gasteiger partial charge is 0.250 e. The van der Waals surface area contributed by atoms with E-state index in [1.54, 1.807) is 0 Å². The minimum atomic E-state index is 0.432. The first-order valence-corrected chi connectivity index (χ1v) is 7.67. The van der Waals surface area contributed by atoms with E-state index < -0.39 is 0 Å². The van der Waals surface area contributed by atoms with Crippen LogP contribution in [0, 0.1) is 0 Å². The van der Waals surface area contributed by atoms with Crippen molar-refractivity contribution in [3.63, 3.8) is 0 Å². The molecule has 2 unspecified atom stereocenters. The number of anilines is 1. The van der Waals surface area contributed by atoms with Gasteiger partial charge in [-0.05, 0) is 35.4 Å². The van der Waals surface area contributed by atoms with Crippen LogP contribution >= 0.6 is 0 Å². The van der Waals surface area contributed by atoms with Crippen molar-refractivity contribution in [2.45, 2.75) is 38.8 Å². The highest BCUT2D eigenvalue weighted by molar-refractivity contribution is 5.42. The van der Waals surface area contributed by atoms with Crippen molar-refractivity contribution in [3.05, 3.63) is 30.3 Å². The molecule has 0 radical (unpaired) electrons. The standard InChI is InChI=1S/C15H22N6/c1-3-12-11-20(13(4-2)10-16-12)15-17-18-19-21(15)14-8-6-5-7-9-14/h5-9,12-13,16H,3-4,10-11H2,1-2H3. The van der Waals surface area contributed by atoms with Gasteiger partial charge >= 0.3 is 0 Å². The summed E-state index contributed by atoms with van der Waals surface area (Å²) in [7, 11) is 0. The van der Waals surface area contributed by atoms with Gasteiger partial charge in [-0.15, -0.1) is 0 Å². The molecular weight excluding hydrogens is 264 g/mol. The lowest BCUT2D eigenvalue weighted by atomic mass is 10.1. The topological polar surface area (TPSA) is 58.9 Å². The zero-order valence-corrected chi connectivity index (χ0v) is 12.6. The molecule has 1 fully saturated rings. The average Bonchev–Trinajstić information content (AvgIpc) is 3.04. The first-order chi connectivity index (χ1) is 10.3. The Kier molecular flexibility index (Phi) is 4.15. The van der Waals surface area contributed by atoms with E-state index in [4.69, 9.17) is 0 Å². The molecule has 0 saturated carbocycles. The van der Waals surface area contributed by atoms with Crippen LogP contribution in [-0.4, -0.2) is 45.4 Å². The van der Waals surface area contributed by atoms with Crippen LogP contribution in [0.15, 0.2) is 30.3 Å². The van der Waals surface area contributed by atoms with Crippen molar-refractivity contribution < 1.29 is 0 Å². The summed E-state index contributed by atoms with van der Waals surface area (Å²) >= 11 is 0. The maximum Gasteiger partial charge on any atom is 0.250 e. The van der Waals surface area contributed by atoms with Gasteiger partial charge in [0.1, 0.15) is 0 Å². The largest absolute Gasteiger partial charge is 0.334 e. The Hall–Kier alpha value is -1.95. The highest BCUT2D eigenvalue weighted by Gasteiger charge is 2.29. The molecule has 1 aliphatic heterocycles. The lowest BCUT2D eigenvalue weighted by Gasteiger charge is -2.40. The molecule has 112 valence electrons. The SMILES string of the molecule is CCC1CN(c2nnnn2-c2ccccc2)C(CC)CN1. The van der Waals surface area contributed by atoms with Crippen LogP contribution in [0.4, 0.5) is 5.95 Å². The summed E-state index contributed by atoms with van der Waals surface area (Å²) in [5.41, 5.74) is 0.999. The highest BCUT2D eigenvalue weighted by atomic mass is 15.6. The van der Waals surface area contributed by atoms with Gasteiger partial charge in [-0.3, -0.25) is 0 Å². The molecule has 3 rings (SSSR count). The molecule has 1 aromatic carbocycles. The van der Waals surface area contributed by atoms with Gasteiger partial charge in [0.2, 0.25) is 0 Å². The minimum absolute atomic E-state index is 0.432. The van der Waals surface area contributed by atoms with Crippen molar-refractivity contribution in [1.29, 1.82) is 0 Å². The van der Waals surface area contributed by atoms with Crippen LogP contribution in [0.2, 0.25) is 0 Å². The monoisotopic (exact) mass is 286 g/mol. The fourth-order valence-corrected chi connectivity index (χ4v) is 2.84. The summed E-state index contributed by atoms with van der Waals surface area (Å²) in [5.74, 6) is 0.841.